The lowest BCUT2D eigenvalue weighted by Crippen LogP contribution is -2.52. The summed E-state index contributed by atoms with van der Waals surface area (Å²) >= 11 is 0. The quantitative estimate of drug-likeness (QED) is 0.614. The average molecular weight is 488 g/mol. The molecule has 3 rings (SSSR count). The second-order valence-corrected chi connectivity index (χ2v) is 10.3. The standard InChI is InChI=1S/C23H28F3NO5S/c1-4-22(12-16(28)13-23(24,25)26)14-33(29,30)20-11-19(32-3)18(31-2)10-17(20)21(27-22)15-8-6-5-7-9-15/h5-11,16,21,27-28H,4,12-14H2,1-3H3/t16?,21-,22-/m0/s1. The predicted molar refractivity (Wildman–Crippen MR) is 117 cm³/mol. The summed E-state index contributed by atoms with van der Waals surface area (Å²) in [7, 11) is -1.15. The maximum atomic E-state index is 13.5. The summed E-state index contributed by atoms with van der Waals surface area (Å²) in [6, 6.07) is 11.3. The second kappa shape index (κ2) is 9.52. The smallest absolute Gasteiger partial charge is 0.391 e. The number of halogens is 3. The summed E-state index contributed by atoms with van der Waals surface area (Å²) in [4.78, 5) is 0.0159. The van der Waals surface area contributed by atoms with E-state index in [-0.39, 0.29) is 23.5 Å². The van der Waals surface area contributed by atoms with Gasteiger partial charge in [-0.3, -0.25) is 5.32 Å². The molecule has 182 valence electrons. The summed E-state index contributed by atoms with van der Waals surface area (Å²) in [5.74, 6) is 0.0834. The molecule has 0 radical (unpaired) electrons. The highest BCUT2D eigenvalue weighted by Crippen LogP contribution is 2.43. The van der Waals surface area contributed by atoms with Crippen LogP contribution in [0.15, 0.2) is 47.4 Å². The largest absolute Gasteiger partial charge is 0.493 e. The van der Waals surface area contributed by atoms with Gasteiger partial charge in [0.2, 0.25) is 0 Å². The lowest BCUT2D eigenvalue weighted by molar-refractivity contribution is -0.155. The van der Waals surface area contributed by atoms with Gasteiger partial charge in [-0.25, -0.2) is 8.42 Å². The Hall–Kier alpha value is -2.30. The first-order valence-electron chi connectivity index (χ1n) is 10.5. The van der Waals surface area contributed by atoms with Gasteiger partial charge in [-0.2, -0.15) is 13.2 Å². The van der Waals surface area contributed by atoms with E-state index in [1.807, 2.05) is 18.2 Å². The molecule has 0 amide bonds. The summed E-state index contributed by atoms with van der Waals surface area (Å²) in [6.07, 6.45) is -7.93. The molecule has 33 heavy (non-hydrogen) atoms. The average Bonchev–Trinajstić information content (AvgIpc) is 2.84. The predicted octanol–water partition coefficient (Wildman–Crippen LogP) is 4.02. The molecular formula is C23H28F3NO5S. The van der Waals surface area contributed by atoms with Crippen molar-refractivity contribution in [2.45, 2.75) is 54.9 Å². The van der Waals surface area contributed by atoms with Crippen LogP contribution in [0, 0.1) is 0 Å². The van der Waals surface area contributed by atoms with Gasteiger partial charge in [0.1, 0.15) is 0 Å². The van der Waals surface area contributed by atoms with E-state index in [0.717, 1.165) is 5.56 Å². The molecule has 6 nitrogen and oxygen atoms in total. The monoisotopic (exact) mass is 487 g/mol. The van der Waals surface area contributed by atoms with Gasteiger partial charge in [0.05, 0.1) is 43.4 Å². The number of aliphatic hydroxyl groups excluding tert-OH is 1. The molecule has 0 bridgehead atoms. The molecule has 0 saturated heterocycles. The third-order valence-corrected chi connectivity index (χ3v) is 7.94. The van der Waals surface area contributed by atoms with Crippen molar-refractivity contribution in [2.75, 3.05) is 20.0 Å². The Morgan fingerprint density at radius 3 is 2.30 bits per heavy atom. The van der Waals surface area contributed by atoms with Gasteiger partial charge in [0.25, 0.3) is 0 Å². The van der Waals surface area contributed by atoms with E-state index < -0.39 is 45.9 Å². The van der Waals surface area contributed by atoms with Gasteiger partial charge < -0.3 is 14.6 Å². The molecule has 0 fully saturated rings. The SMILES string of the molecule is CC[C@]1(CC(O)CC(F)(F)F)CS(=O)(=O)c2cc(OC)c(OC)cc2[C@H](c2ccccc2)N1. The number of fused-ring (bicyclic) bond motifs is 1. The van der Waals surface area contributed by atoms with Crippen LogP contribution in [0.2, 0.25) is 0 Å². The van der Waals surface area contributed by atoms with E-state index in [0.29, 0.717) is 11.3 Å². The van der Waals surface area contributed by atoms with Crippen LogP contribution in [-0.2, 0) is 9.84 Å². The van der Waals surface area contributed by atoms with E-state index >= 15 is 0 Å². The molecule has 1 aliphatic heterocycles. The molecule has 0 aliphatic carbocycles. The molecule has 0 aromatic heterocycles. The molecule has 0 spiro atoms. The van der Waals surface area contributed by atoms with E-state index in [2.05, 4.69) is 5.32 Å². The molecule has 1 unspecified atom stereocenters. The van der Waals surface area contributed by atoms with Crippen molar-refractivity contribution in [3.8, 4) is 11.5 Å². The summed E-state index contributed by atoms with van der Waals surface area (Å²) in [6.45, 7) is 1.70. The molecule has 1 heterocycles. The summed E-state index contributed by atoms with van der Waals surface area (Å²) in [5, 5.41) is 13.5. The Morgan fingerprint density at radius 1 is 1.15 bits per heavy atom. The molecular weight excluding hydrogens is 459 g/mol. The molecule has 0 saturated carbocycles. The van der Waals surface area contributed by atoms with E-state index in [4.69, 9.17) is 9.47 Å². The number of rotatable bonds is 7. The minimum Gasteiger partial charge on any atom is -0.493 e. The van der Waals surface area contributed by atoms with Crippen molar-refractivity contribution in [1.82, 2.24) is 5.32 Å². The zero-order valence-electron chi connectivity index (χ0n) is 18.6. The van der Waals surface area contributed by atoms with Crippen LogP contribution >= 0.6 is 0 Å². The van der Waals surface area contributed by atoms with Gasteiger partial charge in [-0.15, -0.1) is 0 Å². The van der Waals surface area contributed by atoms with Crippen molar-refractivity contribution in [1.29, 1.82) is 0 Å². The number of ether oxygens (including phenoxy) is 2. The Kier molecular flexibility index (Phi) is 7.30. The van der Waals surface area contributed by atoms with Crippen LogP contribution in [0.3, 0.4) is 0 Å². The normalized spacial score (nSPS) is 23.3. The lowest BCUT2D eigenvalue weighted by atomic mass is 9.86. The fourth-order valence-electron chi connectivity index (χ4n) is 4.40. The molecule has 2 aromatic rings. The maximum absolute atomic E-state index is 13.5. The van der Waals surface area contributed by atoms with Crippen LogP contribution in [0.5, 0.6) is 11.5 Å². The highest BCUT2D eigenvalue weighted by atomic mass is 32.2. The van der Waals surface area contributed by atoms with Crippen molar-refractivity contribution < 1.29 is 36.2 Å². The number of alkyl halides is 3. The van der Waals surface area contributed by atoms with Crippen LogP contribution in [0.1, 0.15) is 43.4 Å². The number of nitrogens with one attached hydrogen (secondary N) is 1. The Balaban J connectivity index is 2.20. The maximum Gasteiger partial charge on any atom is 0.391 e. The zero-order valence-corrected chi connectivity index (χ0v) is 19.5. The van der Waals surface area contributed by atoms with Crippen LogP contribution in [-0.4, -0.2) is 51.3 Å². The number of benzene rings is 2. The number of aliphatic hydroxyl groups is 1. The highest BCUT2D eigenvalue weighted by molar-refractivity contribution is 7.91. The Bertz CT molecular complexity index is 1080. The van der Waals surface area contributed by atoms with Gasteiger partial charge >= 0.3 is 6.18 Å². The van der Waals surface area contributed by atoms with Crippen LogP contribution in [0.4, 0.5) is 13.2 Å². The summed E-state index contributed by atoms with van der Waals surface area (Å²) < 4.78 is 76.5. The van der Waals surface area contributed by atoms with Gasteiger partial charge in [0.15, 0.2) is 21.3 Å². The van der Waals surface area contributed by atoms with Gasteiger partial charge in [-0.1, -0.05) is 37.3 Å². The fraction of sp³-hybridized carbons (Fsp3) is 0.478. The number of sulfone groups is 1. The first kappa shape index (κ1) is 25.3. The number of methoxy groups -OCH3 is 2. The summed E-state index contributed by atoms with van der Waals surface area (Å²) in [5.41, 5.74) is -0.172. The van der Waals surface area contributed by atoms with E-state index in [1.54, 1.807) is 25.1 Å². The van der Waals surface area contributed by atoms with E-state index in [9.17, 15) is 26.7 Å². The van der Waals surface area contributed by atoms with Crippen molar-refractivity contribution >= 4 is 9.84 Å². The first-order chi connectivity index (χ1) is 15.4. The minimum atomic E-state index is -4.57. The first-order valence-corrected chi connectivity index (χ1v) is 12.1. The molecule has 10 heteroatoms. The molecule has 1 aliphatic rings. The third kappa shape index (κ3) is 5.62. The topological polar surface area (TPSA) is 84.9 Å². The zero-order chi connectivity index (χ0) is 24.4. The van der Waals surface area contributed by atoms with Crippen molar-refractivity contribution in [3.63, 3.8) is 0 Å². The number of hydrogen-bond acceptors (Lipinski definition) is 6. The van der Waals surface area contributed by atoms with Gasteiger partial charge in [0, 0.05) is 11.6 Å². The number of hydrogen-bond donors (Lipinski definition) is 2. The van der Waals surface area contributed by atoms with Crippen molar-refractivity contribution in [2.24, 2.45) is 0 Å². The lowest BCUT2D eigenvalue weighted by Gasteiger charge is -2.37. The molecule has 2 aromatic carbocycles. The van der Waals surface area contributed by atoms with E-state index in [1.165, 1.54) is 20.3 Å². The molecule has 2 N–H and O–H groups in total. The fourth-order valence-corrected chi connectivity index (χ4v) is 6.51. The Morgan fingerprint density at radius 2 is 1.76 bits per heavy atom. The Labute approximate surface area is 191 Å². The minimum absolute atomic E-state index is 0.0159. The van der Waals surface area contributed by atoms with Crippen LogP contribution in [0.25, 0.3) is 0 Å². The second-order valence-electron chi connectivity index (χ2n) is 8.30. The van der Waals surface area contributed by atoms with Crippen LogP contribution < -0.4 is 14.8 Å². The van der Waals surface area contributed by atoms with Gasteiger partial charge in [-0.05, 0) is 30.0 Å². The molecule has 3 atom stereocenters. The highest BCUT2D eigenvalue weighted by Gasteiger charge is 2.45. The third-order valence-electron chi connectivity index (χ3n) is 5.98. The van der Waals surface area contributed by atoms with Crippen molar-refractivity contribution in [3.05, 3.63) is 53.6 Å².